The number of aryl methyl sites for hydroxylation is 2. The van der Waals surface area contributed by atoms with E-state index in [0.29, 0.717) is 12.1 Å². The number of nitrogens with zero attached hydrogens (tertiary/aromatic N) is 2. The topological polar surface area (TPSA) is 37.8 Å². The number of hydrogen-bond donors (Lipinski definition) is 1. The molecule has 2 rings (SSSR count). The summed E-state index contributed by atoms with van der Waals surface area (Å²) in [6, 6.07) is 6.99. The molecule has 2 aromatic rings. The monoisotopic (exact) mass is 295 g/mol. The van der Waals surface area contributed by atoms with E-state index in [0.717, 1.165) is 11.1 Å². The molecule has 0 radical (unpaired) electrons. The second-order valence-corrected chi connectivity index (χ2v) is 4.79. The number of benzene rings is 1. The zero-order chi connectivity index (χ0) is 15.6. The number of halogens is 3. The predicted octanol–water partition coefficient (Wildman–Crippen LogP) is 4.21. The lowest BCUT2D eigenvalue weighted by Crippen LogP contribution is -2.13. The highest BCUT2D eigenvalue weighted by Crippen LogP contribution is 2.30. The van der Waals surface area contributed by atoms with Gasteiger partial charge in [-0.15, -0.1) is 0 Å². The minimum Gasteiger partial charge on any atom is -0.370 e. The molecule has 1 N–H and O–H groups in total. The summed E-state index contributed by atoms with van der Waals surface area (Å²) in [4.78, 5) is 7.16. The van der Waals surface area contributed by atoms with Crippen LogP contribution in [0.15, 0.2) is 24.3 Å². The van der Waals surface area contributed by atoms with Crippen LogP contribution in [-0.4, -0.2) is 16.5 Å². The molecule has 6 heteroatoms. The van der Waals surface area contributed by atoms with Crippen LogP contribution >= 0.6 is 0 Å². The zero-order valence-electron chi connectivity index (χ0n) is 12.0. The van der Waals surface area contributed by atoms with E-state index < -0.39 is 12.0 Å². The fraction of sp³-hybridized carbons (Fsp3) is 0.333. The van der Waals surface area contributed by atoms with Gasteiger partial charge in [0.25, 0.3) is 0 Å². The quantitative estimate of drug-likeness (QED) is 0.921. The van der Waals surface area contributed by atoms with E-state index in [4.69, 9.17) is 0 Å². The number of hydrogen-bond acceptors (Lipinski definition) is 3. The number of aromatic nitrogens is 2. The summed E-state index contributed by atoms with van der Waals surface area (Å²) in [7, 11) is 0. The van der Waals surface area contributed by atoms with E-state index >= 15 is 0 Å². The second-order valence-electron chi connectivity index (χ2n) is 4.79. The normalized spacial score (nSPS) is 11.5. The van der Waals surface area contributed by atoms with Crippen molar-refractivity contribution in [2.45, 2.75) is 26.9 Å². The first-order chi connectivity index (χ1) is 9.81. The molecule has 0 unspecified atom stereocenters. The second kappa shape index (κ2) is 5.71. The maximum Gasteiger partial charge on any atom is 0.451 e. The first-order valence-corrected chi connectivity index (χ1v) is 6.59. The molecule has 1 aromatic heterocycles. The van der Waals surface area contributed by atoms with Gasteiger partial charge < -0.3 is 5.32 Å². The van der Waals surface area contributed by atoms with E-state index in [1.807, 2.05) is 26.0 Å². The number of nitrogens with one attached hydrogen (secondary N) is 1. The Morgan fingerprint density at radius 2 is 1.76 bits per heavy atom. The minimum absolute atomic E-state index is 0.174. The lowest BCUT2D eigenvalue weighted by atomic mass is 10.0. The van der Waals surface area contributed by atoms with Crippen LogP contribution in [0, 0.1) is 13.8 Å². The summed E-state index contributed by atoms with van der Waals surface area (Å²) < 4.78 is 38.7. The van der Waals surface area contributed by atoms with E-state index in [9.17, 15) is 13.2 Å². The lowest BCUT2D eigenvalue weighted by Gasteiger charge is -2.11. The summed E-state index contributed by atoms with van der Waals surface area (Å²) in [6.07, 6.45) is -4.57. The Morgan fingerprint density at radius 3 is 2.33 bits per heavy atom. The smallest absolute Gasteiger partial charge is 0.370 e. The Morgan fingerprint density at radius 1 is 1.05 bits per heavy atom. The molecule has 1 heterocycles. The summed E-state index contributed by atoms with van der Waals surface area (Å²) in [6.45, 7) is 6.14. The Balaban J connectivity index is 2.56. The molecule has 0 spiro atoms. The highest BCUT2D eigenvalue weighted by molar-refractivity contribution is 5.64. The van der Waals surface area contributed by atoms with Gasteiger partial charge in [0.2, 0.25) is 5.82 Å². The minimum atomic E-state index is -4.57. The largest absolute Gasteiger partial charge is 0.451 e. The van der Waals surface area contributed by atoms with Crippen molar-refractivity contribution in [3.8, 4) is 11.3 Å². The standard InChI is InChI=1S/C15H16F3N3/c1-4-19-13-8-12(20-14(21-13)15(16,17)18)11-6-5-9(2)10(3)7-11/h5-8H,4H2,1-3H3,(H,19,20,21). The Bertz CT molecular complexity index is 651. The highest BCUT2D eigenvalue weighted by atomic mass is 19.4. The van der Waals surface area contributed by atoms with Gasteiger partial charge in [-0.25, -0.2) is 9.97 Å². The molecule has 21 heavy (non-hydrogen) atoms. The van der Waals surface area contributed by atoms with Gasteiger partial charge in [-0.2, -0.15) is 13.2 Å². The third-order valence-electron chi connectivity index (χ3n) is 3.14. The van der Waals surface area contributed by atoms with Crippen molar-refractivity contribution in [3.05, 3.63) is 41.2 Å². The van der Waals surface area contributed by atoms with Gasteiger partial charge in [-0.05, 0) is 38.0 Å². The van der Waals surface area contributed by atoms with Crippen molar-refractivity contribution in [1.29, 1.82) is 0 Å². The number of rotatable bonds is 3. The van der Waals surface area contributed by atoms with Crippen LogP contribution in [0.2, 0.25) is 0 Å². The molecule has 112 valence electrons. The summed E-state index contributed by atoms with van der Waals surface area (Å²) in [5, 5.41) is 2.81. The van der Waals surface area contributed by atoms with Gasteiger partial charge in [0, 0.05) is 18.2 Å². The molecule has 0 atom stereocenters. The molecule has 0 saturated carbocycles. The number of anilines is 1. The Hall–Kier alpha value is -2.11. The molecule has 0 aliphatic carbocycles. The van der Waals surface area contributed by atoms with Gasteiger partial charge >= 0.3 is 6.18 Å². The number of alkyl halides is 3. The summed E-state index contributed by atoms with van der Waals surface area (Å²) >= 11 is 0. The van der Waals surface area contributed by atoms with Crippen LogP contribution in [0.3, 0.4) is 0 Å². The third-order valence-corrected chi connectivity index (χ3v) is 3.14. The Kier molecular flexibility index (Phi) is 4.16. The van der Waals surface area contributed by atoms with Crippen LogP contribution in [-0.2, 0) is 6.18 Å². The maximum atomic E-state index is 12.9. The zero-order valence-corrected chi connectivity index (χ0v) is 12.0. The fourth-order valence-electron chi connectivity index (χ4n) is 1.89. The SMILES string of the molecule is CCNc1cc(-c2ccc(C)c(C)c2)nc(C(F)(F)F)n1. The van der Waals surface area contributed by atoms with Crippen molar-refractivity contribution in [3.63, 3.8) is 0 Å². The van der Waals surface area contributed by atoms with Crippen LogP contribution in [0.4, 0.5) is 19.0 Å². The van der Waals surface area contributed by atoms with E-state index in [1.54, 1.807) is 13.0 Å². The molecular weight excluding hydrogens is 279 g/mol. The van der Waals surface area contributed by atoms with Crippen molar-refractivity contribution in [2.75, 3.05) is 11.9 Å². The Labute approximate surface area is 121 Å². The average molecular weight is 295 g/mol. The van der Waals surface area contributed by atoms with Gasteiger partial charge in [-0.3, -0.25) is 0 Å². The molecule has 0 fully saturated rings. The molecule has 0 saturated heterocycles. The molecule has 1 aromatic carbocycles. The van der Waals surface area contributed by atoms with Crippen molar-refractivity contribution < 1.29 is 13.2 Å². The molecule has 0 aliphatic heterocycles. The van der Waals surface area contributed by atoms with E-state index in [-0.39, 0.29) is 11.5 Å². The highest BCUT2D eigenvalue weighted by Gasteiger charge is 2.35. The van der Waals surface area contributed by atoms with Gasteiger partial charge in [-0.1, -0.05) is 12.1 Å². The molecule has 0 bridgehead atoms. The van der Waals surface area contributed by atoms with Gasteiger partial charge in [0.15, 0.2) is 0 Å². The van der Waals surface area contributed by atoms with Crippen LogP contribution in [0.1, 0.15) is 23.9 Å². The van der Waals surface area contributed by atoms with Crippen molar-refractivity contribution in [2.24, 2.45) is 0 Å². The summed E-state index contributed by atoms with van der Waals surface area (Å²) in [5.41, 5.74) is 2.99. The predicted molar refractivity (Wildman–Crippen MR) is 76.1 cm³/mol. The van der Waals surface area contributed by atoms with E-state index in [1.165, 1.54) is 6.07 Å². The van der Waals surface area contributed by atoms with Crippen LogP contribution < -0.4 is 5.32 Å². The lowest BCUT2D eigenvalue weighted by molar-refractivity contribution is -0.144. The van der Waals surface area contributed by atoms with Crippen molar-refractivity contribution >= 4 is 5.82 Å². The van der Waals surface area contributed by atoms with Crippen molar-refractivity contribution in [1.82, 2.24) is 9.97 Å². The van der Waals surface area contributed by atoms with E-state index in [2.05, 4.69) is 15.3 Å². The molecular formula is C15H16F3N3. The molecule has 3 nitrogen and oxygen atoms in total. The van der Waals surface area contributed by atoms with Gasteiger partial charge in [0.1, 0.15) is 5.82 Å². The van der Waals surface area contributed by atoms with Gasteiger partial charge in [0.05, 0.1) is 5.69 Å². The fourth-order valence-corrected chi connectivity index (χ4v) is 1.89. The first kappa shape index (κ1) is 15.3. The maximum absolute atomic E-state index is 12.9. The third kappa shape index (κ3) is 3.51. The molecule has 0 aliphatic rings. The molecule has 0 amide bonds. The van der Waals surface area contributed by atoms with Crippen LogP contribution in [0.25, 0.3) is 11.3 Å². The summed E-state index contributed by atoms with van der Waals surface area (Å²) in [5.74, 6) is -0.956. The first-order valence-electron chi connectivity index (χ1n) is 6.59. The average Bonchev–Trinajstić information content (AvgIpc) is 2.41. The van der Waals surface area contributed by atoms with Crippen LogP contribution in [0.5, 0.6) is 0 Å².